The van der Waals surface area contributed by atoms with Crippen molar-refractivity contribution in [2.24, 2.45) is 5.84 Å². The molecule has 0 aliphatic heterocycles. The Bertz CT molecular complexity index is 397. The van der Waals surface area contributed by atoms with Crippen molar-refractivity contribution in [2.75, 3.05) is 23.6 Å². The molecule has 0 saturated carbocycles. The zero-order chi connectivity index (χ0) is 13.7. The van der Waals surface area contributed by atoms with Crippen LogP contribution in [0.5, 0.6) is 0 Å². The number of hydrogen-bond acceptors (Lipinski definition) is 7. The number of aliphatic hydroxyl groups is 1. The molecule has 1 aromatic heterocycles. The van der Waals surface area contributed by atoms with E-state index >= 15 is 0 Å². The molecule has 0 amide bonds. The highest BCUT2D eigenvalue weighted by molar-refractivity contribution is 7.99. The summed E-state index contributed by atoms with van der Waals surface area (Å²) < 4.78 is 0. The lowest BCUT2D eigenvalue weighted by Gasteiger charge is -2.23. The number of anilines is 2. The van der Waals surface area contributed by atoms with Crippen molar-refractivity contribution >= 4 is 23.4 Å². The molecular formula is C11H21N5OS. The third-order valence-electron chi connectivity index (χ3n) is 2.80. The standard InChI is InChI=1S/C11H21N5OS/c1-6-10(13-7(2)9(5-17)18-4)14-8(3)15-11(6)16-12/h7,9,17H,5,12H2,1-4H3,(H2,13,14,15,16). The number of hydrazine groups is 1. The van der Waals surface area contributed by atoms with Crippen molar-refractivity contribution in [2.45, 2.75) is 32.1 Å². The molecule has 0 saturated heterocycles. The van der Waals surface area contributed by atoms with Crippen LogP contribution in [-0.4, -0.2) is 39.2 Å². The van der Waals surface area contributed by atoms with Gasteiger partial charge in [0.15, 0.2) is 0 Å². The van der Waals surface area contributed by atoms with Crippen LogP contribution in [0.4, 0.5) is 11.6 Å². The minimum atomic E-state index is 0.101. The molecular weight excluding hydrogens is 250 g/mol. The molecule has 2 unspecified atom stereocenters. The first-order valence-electron chi connectivity index (χ1n) is 5.75. The molecule has 18 heavy (non-hydrogen) atoms. The number of nitrogens with two attached hydrogens (primary N) is 1. The average molecular weight is 271 g/mol. The van der Waals surface area contributed by atoms with E-state index in [-0.39, 0.29) is 17.9 Å². The van der Waals surface area contributed by atoms with E-state index in [1.54, 1.807) is 11.8 Å². The molecule has 5 N–H and O–H groups in total. The summed E-state index contributed by atoms with van der Waals surface area (Å²) in [5, 5.41) is 12.7. The second kappa shape index (κ2) is 6.77. The van der Waals surface area contributed by atoms with Gasteiger partial charge in [0.05, 0.1) is 6.61 Å². The fourth-order valence-electron chi connectivity index (χ4n) is 1.65. The lowest BCUT2D eigenvalue weighted by atomic mass is 10.2. The highest BCUT2D eigenvalue weighted by Gasteiger charge is 2.17. The SMILES string of the molecule is CSC(CO)C(C)Nc1nc(C)nc(NN)c1C. The smallest absolute Gasteiger partial charge is 0.148 e. The van der Waals surface area contributed by atoms with E-state index < -0.39 is 0 Å². The van der Waals surface area contributed by atoms with Gasteiger partial charge in [-0.05, 0) is 27.0 Å². The first-order valence-corrected chi connectivity index (χ1v) is 7.04. The number of rotatable bonds is 6. The molecule has 102 valence electrons. The van der Waals surface area contributed by atoms with Crippen LogP contribution in [0.25, 0.3) is 0 Å². The monoisotopic (exact) mass is 271 g/mol. The van der Waals surface area contributed by atoms with Gasteiger partial charge in [-0.25, -0.2) is 15.8 Å². The van der Waals surface area contributed by atoms with Crippen LogP contribution >= 0.6 is 11.8 Å². The van der Waals surface area contributed by atoms with Crippen LogP contribution in [0.1, 0.15) is 18.3 Å². The van der Waals surface area contributed by atoms with Crippen LogP contribution in [0.3, 0.4) is 0 Å². The maximum Gasteiger partial charge on any atom is 0.148 e. The molecule has 0 aliphatic carbocycles. The van der Waals surface area contributed by atoms with Crippen molar-refractivity contribution in [3.8, 4) is 0 Å². The van der Waals surface area contributed by atoms with Gasteiger partial charge in [0.2, 0.25) is 0 Å². The Labute approximate surface area is 112 Å². The first-order chi connectivity index (χ1) is 8.53. The number of thioether (sulfide) groups is 1. The molecule has 2 atom stereocenters. The molecule has 0 radical (unpaired) electrons. The van der Waals surface area contributed by atoms with Gasteiger partial charge in [0, 0.05) is 16.9 Å². The highest BCUT2D eigenvalue weighted by atomic mass is 32.2. The minimum Gasteiger partial charge on any atom is -0.395 e. The van der Waals surface area contributed by atoms with E-state index in [4.69, 9.17) is 5.84 Å². The van der Waals surface area contributed by atoms with Crippen molar-refractivity contribution in [3.05, 3.63) is 11.4 Å². The Kier molecular flexibility index (Phi) is 5.64. The topological polar surface area (TPSA) is 96.1 Å². The zero-order valence-electron chi connectivity index (χ0n) is 11.2. The minimum absolute atomic E-state index is 0.101. The number of aromatic nitrogens is 2. The molecule has 1 rings (SSSR count). The lowest BCUT2D eigenvalue weighted by Crippen LogP contribution is -2.32. The molecule has 1 aromatic rings. The summed E-state index contributed by atoms with van der Waals surface area (Å²) in [5.41, 5.74) is 3.43. The summed E-state index contributed by atoms with van der Waals surface area (Å²) in [6.07, 6.45) is 1.98. The number of nitrogens with one attached hydrogen (secondary N) is 2. The van der Waals surface area contributed by atoms with Gasteiger partial charge < -0.3 is 15.8 Å². The van der Waals surface area contributed by atoms with Gasteiger partial charge in [-0.2, -0.15) is 11.8 Å². The predicted octanol–water partition coefficient (Wildman–Crippen LogP) is 0.903. The van der Waals surface area contributed by atoms with Crippen LogP contribution in [-0.2, 0) is 0 Å². The molecule has 0 fully saturated rings. The number of aryl methyl sites for hydroxylation is 1. The third kappa shape index (κ3) is 3.47. The van der Waals surface area contributed by atoms with Crippen LogP contribution < -0.4 is 16.6 Å². The Morgan fingerprint density at radius 1 is 1.33 bits per heavy atom. The van der Waals surface area contributed by atoms with Crippen LogP contribution in [0.2, 0.25) is 0 Å². The molecule has 0 aromatic carbocycles. The predicted molar refractivity (Wildman–Crippen MR) is 76.8 cm³/mol. The Morgan fingerprint density at radius 2 is 1.94 bits per heavy atom. The van der Waals surface area contributed by atoms with Gasteiger partial charge >= 0.3 is 0 Å². The summed E-state index contributed by atoms with van der Waals surface area (Å²) in [7, 11) is 0. The van der Waals surface area contributed by atoms with Crippen LogP contribution in [0.15, 0.2) is 0 Å². The fraction of sp³-hybridized carbons (Fsp3) is 0.636. The third-order valence-corrected chi connectivity index (χ3v) is 3.96. The molecule has 0 bridgehead atoms. The Hall–Kier alpha value is -1.05. The molecule has 1 heterocycles. The second-order valence-electron chi connectivity index (χ2n) is 4.13. The number of nitrogen functional groups attached to an aromatic ring is 1. The van der Waals surface area contributed by atoms with E-state index in [1.807, 2.05) is 27.0 Å². The van der Waals surface area contributed by atoms with E-state index in [1.165, 1.54) is 0 Å². The Balaban J connectivity index is 2.93. The zero-order valence-corrected chi connectivity index (χ0v) is 12.0. The average Bonchev–Trinajstić information content (AvgIpc) is 2.34. The normalized spacial score (nSPS) is 14.1. The molecule has 0 aliphatic rings. The second-order valence-corrected chi connectivity index (χ2v) is 5.20. The largest absolute Gasteiger partial charge is 0.395 e. The van der Waals surface area contributed by atoms with Crippen molar-refractivity contribution in [3.63, 3.8) is 0 Å². The lowest BCUT2D eigenvalue weighted by molar-refractivity contribution is 0.288. The van der Waals surface area contributed by atoms with Gasteiger partial charge in [-0.15, -0.1) is 0 Å². The Morgan fingerprint density at radius 3 is 2.44 bits per heavy atom. The van der Waals surface area contributed by atoms with Crippen molar-refractivity contribution < 1.29 is 5.11 Å². The van der Waals surface area contributed by atoms with E-state index in [9.17, 15) is 5.11 Å². The van der Waals surface area contributed by atoms with Gasteiger partial charge in [-0.3, -0.25) is 0 Å². The number of nitrogens with zero attached hydrogens (tertiary/aromatic N) is 2. The van der Waals surface area contributed by atoms with Crippen LogP contribution in [0, 0.1) is 13.8 Å². The van der Waals surface area contributed by atoms with Gasteiger partial charge in [-0.1, -0.05) is 0 Å². The van der Waals surface area contributed by atoms with E-state index in [2.05, 4.69) is 20.7 Å². The summed E-state index contributed by atoms with van der Waals surface area (Å²) >= 11 is 1.62. The van der Waals surface area contributed by atoms with E-state index in [0.717, 1.165) is 11.4 Å². The molecule has 0 spiro atoms. The maximum atomic E-state index is 9.27. The van der Waals surface area contributed by atoms with Gasteiger partial charge in [0.25, 0.3) is 0 Å². The summed E-state index contributed by atoms with van der Waals surface area (Å²) in [6, 6.07) is 0.101. The summed E-state index contributed by atoms with van der Waals surface area (Å²) in [6.45, 7) is 5.86. The summed E-state index contributed by atoms with van der Waals surface area (Å²) in [5.74, 6) is 7.42. The van der Waals surface area contributed by atoms with E-state index in [0.29, 0.717) is 11.6 Å². The molecule has 7 heteroatoms. The van der Waals surface area contributed by atoms with Crippen molar-refractivity contribution in [1.29, 1.82) is 0 Å². The quantitative estimate of drug-likeness (QED) is 0.451. The number of aliphatic hydroxyl groups excluding tert-OH is 1. The van der Waals surface area contributed by atoms with Crippen molar-refractivity contribution in [1.82, 2.24) is 9.97 Å². The first kappa shape index (κ1) is 15.0. The van der Waals surface area contributed by atoms with Gasteiger partial charge in [0.1, 0.15) is 17.5 Å². The number of hydrogen-bond donors (Lipinski definition) is 4. The fourth-order valence-corrected chi connectivity index (χ4v) is 2.28. The summed E-state index contributed by atoms with van der Waals surface area (Å²) in [4.78, 5) is 8.57. The molecule has 6 nitrogen and oxygen atoms in total. The maximum absolute atomic E-state index is 9.27. The highest BCUT2D eigenvalue weighted by Crippen LogP contribution is 2.22.